The molecule has 8 nitrogen and oxygen atoms in total. The van der Waals surface area contributed by atoms with Crippen LogP contribution in [0.2, 0.25) is 6.32 Å². The number of carbonyl (C=O) groups is 2. The van der Waals surface area contributed by atoms with E-state index in [1.165, 1.54) is 4.90 Å². The number of nitrogens with zero attached hydrogens (tertiary/aromatic N) is 1. The van der Waals surface area contributed by atoms with Gasteiger partial charge in [0.05, 0.1) is 6.61 Å². The van der Waals surface area contributed by atoms with Gasteiger partial charge in [-0.25, -0.2) is 0 Å². The Hall–Kier alpha value is -1.16. The van der Waals surface area contributed by atoms with Crippen molar-refractivity contribution in [1.29, 1.82) is 0 Å². The summed E-state index contributed by atoms with van der Waals surface area (Å²) in [7, 11) is -0.603. The molecule has 2 rings (SSSR count). The molecule has 0 radical (unpaired) electrons. The van der Waals surface area contributed by atoms with Crippen LogP contribution in [0.1, 0.15) is 26.7 Å². The third-order valence-corrected chi connectivity index (χ3v) is 4.48. The largest absolute Gasteiger partial charge is 0.527 e. The van der Waals surface area contributed by atoms with E-state index in [-0.39, 0.29) is 18.6 Å². The number of aliphatic hydroxyl groups is 1. The van der Waals surface area contributed by atoms with E-state index >= 15 is 0 Å². The van der Waals surface area contributed by atoms with Gasteiger partial charge >= 0.3 is 13.1 Å². The van der Waals surface area contributed by atoms with Crippen LogP contribution in [0.5, 0.6) is 0 Å². The molecule has 130 valence electrons. The Balaban J connectivity index is 2.11. The number of likely N-dealkylation sites (tertiary alicyclic amines) is 1. The molecule has 2 heterocycles. The third-order valence-electron chi connectivity index (χ3n) is 4.48. The van der Waals surface area contributed by atoms with Crippen LogP contribution in [-0.2, 0) is 18.9 Å². The van der Waals surface area contributed by atoms with Crippen molar-refractivity contribution >= 4 is 19.0 Å². The summed E-state index contributed by atoms with van der Waals surface area (Å²) in [6.45, 7) is 3.72. The summed E-state index contributed by atoms with van der Waals surface area (Å²) in [5, 5.41) is 9.04. The predicted octanol–water partition coefficient (Wildman–Crippen LogP) is -1.29. The number of aliphatic hydroxyl groups excluding tert-OH is 1. The van der Waals surface area contributed by atoms with E-state index in [9.17, 15) is 9.59 Å². The zero-order chi connectivity index (χ0) is 17.2. The molecule has 2 aliphatic heterocycles. The van der Waals surface area contributed by atoms with Gasteiger partial charge in [-0.05, 0) is 26.6 Å². The molecule has 0 aromatic heterocycles. The Bertz CT molecular complexity index is 464. The van der Waals surface area contributed by atoms with Crippen molar-refractivity contribution in [1.82, 2.24) is 4.90 Å². The van der Waals surface area contributed by atoms with Crippen LogP contribution in [0.3, 0.4) is 0 Å². The van der Waals surface area contributed by atoms with Crippen molar-refractivity contribution in [3.63, 3.8) is 0 Å². The topological polar surface area (TPSA) is 128 Å². The van der Waals surface area contributed by atoms with E-state index in [0.29, 0.717) is 19.3 Å². The second-order valence-electron chi connectivity index (χ2n) is 6.70. The minimum absolute atomic E-state index is 0.0530. The molecule has 5 N–H and O–H groups in total. The van der Waals surface area contributed by atoms with Gasteiger partial charge in [0.15, 0.2) is 0 Å². The highest BCUT2D eigenvalue weighted by molar-refractivity contribution is 6.47. The summed E-state index contributed by atoms with van der Waals surface area (Å²) in [4.78, 5) is 26.1. The lowest BCUT2D eigenvalue weighted by molar-refractivity contribution is -0.144. The average Bonchev–Trinajstić information content (AvgIpc) is 2.82. The first-order valence-electron chi connectivity index (χ1n) is 8.08. The van der Waals surface area contributed by atoms with E-state index < -0.39 is 37.2 Å². The van der Waals surface area contributed by atoms with Crippen LogP contribution in [-0.4, -0.2) is 66.4 Å². The monoisotopic (exact) mass is 327 g/mol. The van der Waals surface area contributed by atoms with Gasteiger partial charge in [0, 0.05) is 25.1 Å². The number of amides is 1. The highest BCUT2D eigenvalue weighted by Crippen LogP contribution is 2.34. The van der Waals surface area contributed by atoms with Crippen LogP contribution < -0.4 is 11.5 Å². The lowest BCUT2D eigenvalue weighted by Crippen LogP contribution is -2.58. The minimum atomic E-state index is -1.25. The van der Waals surface area contributed by atoms with Crippen LogP contribution in [0, 0.1) is 5.92 Å². The summed E-state index contributed by atoms with van der Waals surface area (Å²) in [5.41, 5.74) is 10.7. The number of hydrogen-bond donors (Lipinski definition) is 3. The third kappa shape index (κ3) is 3.85. The van der Waals surface area contributed by atoms with Gasteiger partial charge in [0.25, 0.3) is 0 Å². The summed E-state index contributed by atoms with van der Waals surface area (Å²) in [5.74, 6) is -1.11. The number of nitrogens with two attached hydrogens (primary N) is 2. The van der Waals surface area contributed by atoms with Crippen molar-refractivity contribution in [2.75, 3.05) is 19.7 Å². The van der Waals surface area contributed by atoms with Crippen molar-refractivity contribution in [3.05, 3.63) is 0 Å². The lowest BCUT2D eigenvalue weighted by Gasteiger charge is -2.32. The summed E-state index contributed by atoms with van der Waals surface area (Å²) in [6, 6.07) is -0.990. The molecule has 0 aromatic carbocycles. The molecular weight excluding hydrogens is 301 g/mol. The molecule has 2 fully saturated rings. The maximum atomic E-state index is 12.5. The molecule has 0 bridgehead atoms. The SMILES string of the molecule is CC(C)OB1CCCC2CN(C(=O)C(N)CO)CC2(N)C(=O)O1. The van der Waals surface area contributed by atoms with Crippen LogP contribution in [0.4, 0.5) is 0 Å². The standard InChI is InChI=1S/C14H26BN3O5/c1-9(2)22-15-5-3-4-10-6-18(12(20)11(16)7-19)8-14(10,17)13(21)23-15/h9-11,19H,3-8,16-17H2,1-2H3. The van der Waals surface area contributed by atoms with E-state index in [1.807, 2.05) is 13.8 Å². The molecule has 1 amide bonds. The minimum Gasteiger partial charge on any atom is -0.508 e. The molecule has 0 saturated carbocycles. The molecule has 0 aromatic rings. The predicted molar refractivity (Wildman–Crippen MR) is 84.2 cm³/mol. The molecule has 3 unspecified atom stereocenters. The Morgan fingerprint density at radius 3 is 2.91 bits per heavy atom. The van der Waals surface area contributed by atoms with E-state index in [2.05, 4.69) is 0 Å². The Morgan fingerprint density at radius 2 is 2.30 bits per heavy atom. The Kier molecular flexibility index (Phi) is 5.67. The molecule has 23 heavy (non-hydrogen) atoms. The first kappa shape index (κ1) is 18.2. The average molecular weight is 327 g/mol. The van der Waals surface area contributed by atoms with Crippen molar-refractivity contribution in [2.45, 2.75) is 50.7 Å². The first-order valence-corrected chi connectivity index (χ1v) is 8.08. The second kappa shape index (κ2) is 7.17. The molecule has 0 aliphatic carbocycles. The van der Waals surface area contributed by atoms with E-state index in [4.69, 9.17) is 25.9 Å². The van der Waals surface area contributed by atoms with Crippen LogP contribution in [0.25, 0.3) is 0 Å². The molecule has 2 saturated heterocycles. The number of fused-ring (bicyclic) bond motifs is 1. The van der Waals surface area contributed by atoms with Gasteiger partial charge < -0.3 is 30.8 Å². The Morgan fingerprint density at radius 1 is 1.61 bits per heavy atom. The molecule has 2 aliphatic rings. The molecule has 3 atom stereocenters. The van der Waals surface area contributed by atoms with Gasteiger partial charge in [0.1, 0.15) is 11.6 Å². The van der Waals surface area contributed by atoms with Crippen molar-refractivity contribution in [3.8, 4) is 0 Å². The van der Waals surface area contributed by atoms with Crippen molar-refractivity contribution < 1.29 is 24.0 Å². The zero-order valence-electron chi connectivity index (χ0n) is 13.7. The smallest absolute Gasteiger partial charge is 0.508 e. The highest BCUT2D eigenvalue weighted by Gasteiger charge is 2.53. The summed E-state index contributed by atoms with van der Waals surface area (Å²) < 4.78 is 11.0. The fraction of sp³-hybridized carbons (Fsp3) is 0.857. The van der Waals surface area contributed by atoms with Crippen LogP contribution in [0.15, 0.2) is 0 Å². The van der Waals surface area contributed by atoms with Gasteiger partial charge in [0.2, 0.25) is 5.91 Å². The highest BCUT2D eigenvalue weighted by atomic mass is 16.6. The second-order valence-corrected chi connectivity index (χ2v) is 6.70. The molecule has 9 heteroatoms. The van der Waals surface area contributed by atoms with Gasteiger partial charge in [-0.3, -0.25) is 9.59 Å². The molecule has 0 spiro atoms. The maximum absolute atomic E-state index is 12.5. The quantitative estimate of drug-likeness (QED) is 0.548. The fourth-order valence-corrected chi connectivity index (χ4v) is 3.22. The maximum Gasteiger partial charge on any atom is 0.527 e. The van der Waals surface area contributed by atoms with Gasteiger partial charge in [-0.1, -0.05) is 6.42 Å². The number of rotatable bonds is 4. The fourth-order valence-electron chi connectivity index (χ4n) is 3.22. The summed E-state index contributed by atoms with van der Waals surface area (Å²) in [6.07, 6.45) is 2.06. The normalized spacial score (nSPS) is 29.8. The van der Waals surface area contributed by atoms with Gasteiger partial charge in [-0.15, -0.1) is 0 Å². The first-order chi connectivity index (χ1) is 10.8. The van der Waals surface area contributed by atoms with Crippen molar-refractivity contribution in [2.24, 2.45) is 17.4 Å². The molecular formula is C14H26BN3O5. The number of hydrogen-bond acceptors (Lipinski definition) is 7. The van der Waals surface area contributed by atoms with Gasteiger partial charge in [-0.2, -0.15) is 0 Å². The van der Waals surface area contributed by atoms with E-state index in [0.717, 1.165) is 6.42 Å². The zero-order valence-corrected chi connectivity index (χ0v) is 13.7. The lowest BCUT2D eigenvalue weighted by atomic mass is 9.74. The Labute approximate surface area is 136 Å². The van der Waals surface area contributed by atoms with E-state index in [1.54, 1.807) is 0 Å². The van der Waals surface area contributed by atoms with Crippen LogP contribution >= 0.6 is 0 Å². The summed E-state index contributed by atoms with van der Waals surface area (Å²) >= 11 is 0. The number of carbonyl (C=O) groups excluding carboxylic acids is 2.